The van der Waals surface area contributed by atoms with Crippen molar-refractivity contribution in [2.75, 3.05) is 5.73 Å². The first-order chi connectivity index (χ1) is 6.77. The molecule has 2 N–H and O–H groups in total. The van der Waals surface area contributed by atoms with Crippen molar-refractivity contribution in [3.05, 3.63) is 42.2 Å². The van der Waals surface area contributed by atoms with E-state index < -0.39 is 0 Å². The van der Waals surface area contributed by atoms with Crippen LogP contribution in [0.3, 0.4) is 0 Å². The Labute approximate surface area is 82.6 Å². The van der Waals surface area contributed by atoms with Crippen molar-refractivity contribution in [2.24, 2.45) is 0 Å². The number of rotatable bonds is 1. The molecule has 0 saturated heterocycles. The van der Waals surface area contributed by atoms with E-state index in [1.165, 1.54) is 5.56 Å². The second-order valence-electron chi connectivity index (χ2n) is 3.15. The summed E-state index contributed by atoms with van der Waals surface area (Å²) in [6.45, 7) is 2.03. The Morgan fingerprint density at radius 2 is 2.00 bits per heavy atom. The Hall–Kier alpha value is -1.90. The minimum absolute atomic E-state index is 0.519. The second kappa shape index (κ2) is 3.46. The molecule has 2 rings (SSSR count). The van der Waals surface area contributed by atoms with Crippen LogP contribution in [0.4, 0.5) is 5.82 Å². The fourth-order valence-electron chi connectivity index (χ4n) is 1.32. The topological polar surface area (TPSA) is 51.8 Å². The van der Waals surface area contributed by atoms with Gasteiger partial charge in [-0.2, -0.15) is 0 Å². The van der Waals surface area contributed by atoms with Crippen LogP contribution < -0.4 is 5.73 Å². The van der Waals surface area contributed by atoms with Gasteiger partial charge in [-0.05, 0) is 36.8 Å². The highest BCUT2D eigenvalue weighted by atomic mass is 14.8. The van der Waals surface area contributed by atoms with E-state index in [0.717, 1.165) is 11.3 Å². The summed E-state index contributed by atoms with van der Waals surface area (Å²) in [7, 11) is 0. The van der Waals surface area contributed by atoms with Crippen molar-refractivity contribution in [3.63, 3.8) is 0 Å². The SMILES string of the molecule is Cc1ccnc(-c2cccnc2N)c1. The number of anilines is 1. The number of hydrogen-bond acceptors (Lipinski definition) is 3. The molecule has 0 aliphatic heterocycles. The number of pyridine rings is 2. The summed E-state index contributed by atoms with van der Waals surface area (Å²) in [4.78, 5) is 8.27. The lowest BCUT2D eigenvalue weighted by Crippen LogP contribution is -1.94. The third-order valence-electron chi connectivity index (χ3n) is 2.03. The molecule has 0 radical (unpaired) electrons. The van der Waals surface area contributed by atoms with Gasteiger partial charge in [0, 0.05) is 18.0 Å². The number of aromatic nitrogens is 2. The number of hydrogen-bond donors (Lipinski definition) is 1. The van der Waals surface area contributed by atoms with Crippen LogP contribution >= 0.6 is 0 Å². The largest absolute Gasteiger partial charge is 0.383 e. The molecule has 3 heteroatoms. The zero-order valence-electron chi connectivity index (χ0n) is 7.94. The van der Waals surface area contributed by atoms with Crippen LogP contribution in [-0.4, -0.2) is 9.97 Å². The van der Waals surface area contributed by atoms with Gasteiger partial charge in [0.25, 0.3) is 0 Å². The van der Waals surface area contributed by atoms with Gasteiger partial charge in [-0.1, -0.05) is 0 Å². The molecule has 0 aliphatic carbocycles. The predicted molar refractivity (Wildman–Crippen MR) is 56.6 cm³/mol. The highest BCUT2D eigenvalue weighted by molar-refractivity contribution is 5.70. The van der Waals surface area contributed by atoms with Gasteiger partial charge in [0.1, 0.15) is 5.82 Å². The number of nitrogens with two attached hydrogens (primary N) is 1. The van der Waals surface area contributed by atoms with Crippen LogP contribution in [-0.2, 0) is 0 Å². The normalized spacial score (nSPS) is 10.1. The zero-order valence-corrected chi connectivity index (χ0v) is 7.94. The van der Waals surface area contributed by atoms with Gasteiger partial charge in [-0.25, -0.2) is 4.98 Å². The van der Waals surface area contributed by atoms with Crippen molar-refractivity contribution in [1.29, 1.82) is 0 Å². The summed E-state index contributed by atoms with van der Waals surface area (Å²) < 4.78 is 0. The smallest absolute Gasteiger partial charge is 0.132 e. The minimum atomic E-state index is 0.519. The Balaban J connectivity index is 2.55. The van der Waals surface area contributed by atoms with E-state index in [4.69, 9.17) is 5.73 Å². The van der Waals surface area contributed by atoms with Crippen LogP contribution in [0.15, 0.2) is 36.7 Å². The number of aryl methyl sites for hydroxylation is 1. The van der Waals surface area contributed by atoms with E-state index in [1.54, 1.807) is 12.4 Å². The summed E-state index contributed by atoms with van der Waals surface area (Å²) in [5.41, 5.74) is 8.67. The van der Waals surface area contributed by atoms with Crippen molar-refractivity contribution in [2.45, 2.75) is 6.92 Å². The molecule has 0 amide bonds. The van der Waals surface area contributed by atoms with E-state index in [-0.39, 0.29) is 0 Å². The molecule has 14 heavy (non-hydrogen) atoms. The lowest BCUT2D eigenvalue weighted by atomic mass is 10.1. The van der Waals surface area contributed by atoms with E-state index in [2.05, 4.69) is 9.97 Å². The second-order valence-corrected chi connectivity index (χ2v) is 3.15. The first kappa shape index (κ1) is 8.69. The molecule has 3 nitrogen and oxygen atoms in total. The summed E-state index contributed by atoms with van der Waals surface area (Å²) in [6.07, 6.45) is 3.45. The molecule has 2 aromatic heterocycles. The Bertz CT molecular complexity index is 452. The average molecular weight is 185 g/mol. The molecule has 0 fully saturated rings. The minimum Gasteiger partial charge on any atom is -0.383 e. The predicted octanol–water partition coefficient (Wildman–Crippen LogP) is 2.03. The molecule has 2 aromatic rings. The van der Waals surface area contributed by atoms with Crippen molar-refractivity contribution < 1.29 is 0 Å². The van der Waals surface area contributed by atoms with Gasteiger partial charge < -0.3 is 5.73 Å². The highest BCUT2D eigenvalue weighted by Crippen LogP contribution is 2.21. The third-order valence-corrected chi connectivity index (χ3v) is 2.03. The first-order valence-corrected chi connectivity index (χ1v) is 4.41. The van der Waals surface area contributed by atoms with Gasteiger partial charge in [0.2, 0.25) is 0 Å². The van der Waals surface area contributed by atoms with E-state index >= 15 is 0 Å². The molecular formula is C11H11N3. The van der Waals surface area contributed by atoms with Gasteiger partial charge in [-0.3, -0.25) is 4.98 Å². The molecule has 0 unspecified atom stereocenters. The lowest BCUT2D eigenvalue weighted by molar-refractivity contribution is 1.26. The summed E-state index contributed by atoms with van der Waals surface area (Å²) in [6, 6.07) is 7.73. The highest BCUT2D eigenvalue weighted by Gasteiger charge is 2.03. The standard InChI is InChI=1S/C11H11N3/c1-8-4-6-13-10(7-8)9-3-2-5-14-11(9)12/h2-7H,1H3,(H2,12,14). The van der Waals surface area contributed by atoms with E-state index in [0.29, 0.717) is 5.82 Å². The zero-order chi connectivity index (χ0) is 9.97. The number of nitrogens with zero attached hydrogens (tertiary/aromatic N) is 2. The lowest BCUT2D eigenvalue weighted by Gasteiger charge is -2.03. The van der Waals surface area contributed by atoms with Crippen LogP contribution in [0.1, 0.15) is 5.56 Å². The number of nitrogen functional groups attached to an aromatic ring is 1. The fourth-order valence-corrected chi connectivity index (χ4v) is 1.32. The Kier molecular flexibility index (Phi) is 2.14. The molecule has 70 valence electrons. The summed E-state index contributed by atoms with van der Waals surface area (Å²) in [5, 5.41) is 0. The monoisotopic (exact) mass is 185 g/mol. The Morgan fingerprint density at radius 3 is 2.71 bits per heavy atom. The summed E-state index contributed by atoms with van der Waals surface area (Å²) >= 11 is 0. The average Bonchev–Trinajstić information content (AvgIpc) is 2.18. The molecule has 0 aliphatic rings. The third kappa shape index (κ3) is 1.57. The molecule has 0 bridgehead atoms. The molecular weight excluding hydrogens is 174 g/mol. The molecule has 0 saturated carbocycles. The Morgan fingerprint density at radius 1 is 1.14 bits per heavy atom. The van der Waals surface area contributed by atoms with Crippen LogP contribution in [0.25, 0.3) is 11.3 Å². The maximum atomic E-state index is 5.75. The molecule has 0 spiro atoms. The van der Waals surface area contributed by atoms with Crippen molar-refractivity contribution in [3.8, 4) is 11.3 Å². The van der Waals surface area contributed by atoms with Crippen molar-refractivity contribution >= 4 is 5.82 Å². The maximum absolute atomic E-state index is 5.75. The maximum Gasteiger partial charge on any atom is 0.132 e. The van der Waals surface area contributed by atoms with Crippen LogP contribution in [0.2, 0.25) is 0 Å². The quantitative estimate of drug-likeness (QED) is 0.739. The molecule has 0 aromatic carbocycles. The molecule has 2 heterocycles. The van der Waals surface area contributed by atoms with Gasteiger partial charge in [0.05, 0.1) is 5.69 Å². The van der Waals surface area contributed by atoms with E-state index in [1.807, 2.05) is 31.2 Å². The first-order valence-electron chi connectivity index (χ1n) is 4.41. The summed E-state index contributed by atoms with van der Waals surface area (Å²) in [5.74, 6) is 0.519. The van der Waals surface area contributed by atoms with Gasteiger partial charge >= 0.3 is 0 Å². The van der Waals surface area contributed by atoms with Crippen LogP contribution in [0.5, 0.6) is 0 Å². The fraction of sp³-hybridized carbons (Fsp3) is 0.0909. The van der Waals surface area contributed by atoms with Crippen molar-refractivity contribution in [1.82, 2.24) is 9.97 Å². The van der Waals surface area contributed by atoms with Crippen LogP contribution in [0, 0.1) is 6.92 Å². The van der Waals surface area contributed by atoms with Gasteiger partial charge in [0.15, 0.2) is 0 Å². The van der Waals surface area contributed by atoms with E-state index in [9.17, 15) is 0 Å². The van der Waals surface area contributed by atoms with Gasteiger partial charge in [-0.15, -0.1) is 0 Å². The molecule has 0 atom stereocenters.